The van der Waals surface area contributed by atoms with Crippen molar-refractivity contribution >= 4 is 11.8 Å². The minimum absolute atomic E-state index is 0.202. The van der Waals surface area contributed by atoms with Gasteiger partial charge in [-0.05, 0) is 61.5 Å². The van der Waals surface area contributed by atoms with Gasteiger partial charge in [-0.1, -0.05) is 24.3 Å². The molecule has 0 radical (unpaired) electrons. The van der Waals surface area contributed by atoms with E-state index in [0.29, 0.717) is 5.56 Å². The van der Waals surface area contributed by atoms with E-state index in [1.54, 1.807) is 17.8 Å². The van der Waals surface area contributed by atoms with Gasteiger partial charge < -0.3 is 10.4 Å². The predicted octanol–water partition coefficient (Wildman–Crippen LogP) is 3.36. The Balaban J connectivity index is 1.77. The van der Waals surface area contributed by atoms with Crippen LogP contribution in [0.2, 0.25) is 0 Å². The van der Waals surface area contributed by atoms with E-state index in [9.17, 15) is 5.11 Å². The first-order chi connectivity index (χ1) is 10.7. The molecule has 0 atom stereocenters. The van der Waals surface area contributed by atoms with Gasteiger partial charge in [0.2, 0.25) is 0 Å². The van der Waals surface area contributed by atoms with Crippen molar-refractivity contribution in [1.82, 2.24) is 5.32 Å². The average Bonchev–Trinajstić information content (AvgIpc) is 2.56. The molecule has 2 N–H and O–H groups in total. The Kier molecular flexibility index (Phi) is 6.32. The predicted molar refractivity (Wildman–Crippen MR) is 91.3 cm³/mol. The van der Waals surface area contributed by atoms with Crippen LogP contribution >= 0.6 is 11.8 Å². The molecule has 0 fully saturated rings. The van der Waals surface area contributed by atoms with Crippen molar-refractivity contribution in [2.24, 2.45) is 0 Å². The van der Waals surface area contributed by atoms with Gasteiger partial charge >= 0.3 is 0 Å². The molecule has 2 aromatic rings. The number of thioether (sulfide) groups is 1. The molecule has 0 spiro atoms. The van der Waals surface area contributed by atoms with Crippen molar-refractivity contribution < 1.29 is 5.11 Å². The Morgan fingerprint density at radius 2 is 1.82 bits per heavy atom. The maximum absolute atomic E-state index is 9.84. The Bertz CT molecular complexity index is 664. The monoisotopic (exact) mass is 312 g/mol. The first kappa shape index (κ1) is 16.4. The smallest absolute Gasteiger partial charge is 0.120 e. The molecule has 0 aliphatic carbocycles. The Labute approximate surface area is 136 Å². The van der Waals surface area contributed by atoms with Crippen LogP contribution in [0.4, 0.5) is 0 Å². The Hall–Kier alpha value is -1.96. The van der Waals surface area contributed by atoms with Crippen LogP contribution in [0.5, 0.6) is 5.75 Å². The van der Waals surface area contributed by atoms with Gasteiger partial charge in [-0.25, -0.2) is 0 Å². The molecule has 0 unspecified atom stereocenters. The maximum Gasteiger partial charge on any atom is 0.120 e. The number of phenolic OH excluding ortho intramolecular Hbond substituents is 1. The first-order valence-corrected chi connectivity index (χ1v) is 8.51. The molecular formula is C18H20N2OS. The van der Waals surface area contributed by atoms with Crippen LogP contribution in [0.1, 0.15) is 16.7 Å². The van der Waals surface area contributed by atoms with Crippen molar-refractivity contribution in [3.05, 3.63) is 59.2 Å². The zero-order valence-electron chi connectivity index (χ0n) is 12.7. The molecule has 0 aromatic heterocycles. The normalized spacial score (nSPS) is 10.4. The number of nitrogens with one attached hydrogen (secondary N) is 1. The van der Waals surface area contributed by atoms with Crippen LogP contribution in [-0.4, -0.2) is 24.5 Å². The number of nitriles is 1. The molecule has 0 saturated heterocycles. The summed E-state index contributed by atoms with van der Waals surface area (Å²) in [5.74, 6) is 0.202. The first-order valence-electron chi connectivity index (χ1n) is 7.29. The van der Waals surface area contributed by atoms with Crippen molar-refractivity contribution in [2.75, 3.05) is 19.3 Å². The standard InChI is InChI=1S/C18H20N2OS/c1-22-18-5-3-2-4-16(18)9-11-20-10-8-15-7-6-14(13-19)12-17(15)21/h2-7,12,20-21H,8-11H2,1H3. The van der Waals surface area contributed by atoms with Crippen LogP contribution in [0.3, 0.4) is 0 Å². The fourth-order valence-electron chi connectivity index (χ4n) is 2.33. The van der Waals surface area contributed by atoms with E-state index in [2.05, 4.69) is 35.8 Å². The van der Waals surface area contributed by atoms with Gasteiger partial charge in [0.15, 0.2) is 0 Å². The van der Waals surface area contributed by atoms with Crippen LogP contribution in [0.15, 0.2) is 47.4 Å². The minimum atomic E-state index is 0.202. The molecule has 0 bridgehead atoms. The fourth-order valence-corrected chi connectivity index (χ4v) is 2.97. The average molecular weight is 312 g/mol. The number of benzene rings is 2. The highest BCUT2D eigenvalue weighted by Gasteiger charge is 2.03. The SMILES string of the molecule is CSc1ccccc1CCNCCc1ccc(C#N)cc1O. The summed E-state index contributed by atoms with van der Waals surface area (Å²) in [7, 11) is 0. The Morgan fingerprint density at radius 3 is 2.50 bits per heavy atom. The van der Waals surface area contributed by atoms with Crippen molar-refractivity contribution in [2.45, 2.75) is 17.7 Å². The second kappa shape index (κ2) is 8.47. The van der Waals surface area contributed by atoms with E-state index in [1.165, 1.54) is 16.5 Å². The van der Waals surface area contributed by atoms with E-state index in [4.69, 9.17) is 5.26 Å². The lowest BCUT2D eigenvalue weighted by atomic mass is 10.1. The van der Waals surface area contributed by atoms with Crippen LogP contribution in [0, 0.1) is 11.3 Å². The molecule has 22 heavy (non-hydrogen) atoms. The minimum Gasteiger partial charge on any atom is -0.508 e. The number of hydrogen-bond donors (Lipinski definition) is 2. The summed E-state index contributed by atoms with van der Waals surface area (Å²) < 4.78 is 0. The number of nitrogens with zero attached hydrogens (tertiary/aromatic N) is 1. The number of hydrogen-bond acceptors (Lipinski definition) is 4. The van der Waals surface area contributed by atoms with Gasteiger partial charge in [-0.2, -0.15) is 5.26 Å². The van der Waals surface area contributed by atoms with Crippen LogP contribution in [0.25, 0.3) is 0 Å². The zero-order valence-corrected chi connectivity index (χ0v) is 13.5. The number of aromatic hydroxyl groups is 1. The summed E-state index contributed by atoms with van der Waals surface area (Å²) in [6.07, 6.45) is 3.85. The second-order valence-corrected chi connectivity index (χ2v) is 5.87. The zero-order chi connectivity index (χ0) is 15.8. The molecule has 2 aromatic carbocycles. The lowest BCUT2D eigenvalue weighted by Crippen LogP contribution is -2.20. The third-order valence-corrected chi connectivity index (χ3v) is 4.39. The van der Waals surface area contributed by atoms with Gasteiger partial charge in [0, 0.05) is 4.90 Å². The van der Waals surface area contributed by atoms with Crippen molar-refractivity contribution in [3.8, 4) is 11.8 Å². The molecule has 0 aliphatic rings. The highest BCUT2D eigenvalue weighted by Crippen LogP contribution is 2.20. The van der Waals surface area contributed by atoms with E-state index < -0.39 is 0 Å². The summed E-state index contributed by atoms with van der Waals surface area (Å²) in [6, 6.07) is 15.6. The highest BCUT2D eigenvalue weighted by molar-refractivity contribution is 7.98. The molecule has 0 aliphatic heterocycles. The van der Waals surface area contributed by atoms with Crippen LogP contribution < -0.4 is 5.32 Å². The summed E-state index contributed by atoms with van der Waals surface area (Å²) in [6.45, 7) is 1.72. The van der Waals surface area contributed by atoms with Gasteiger partial charge in [-0.3, -0.25) is 0 Å². The van der Waals surface area contributed by atoms with E-state index in [-0.39, 0.29) is 5.75 Å². The molecule has 3 nitrogen and oxygen atoms in total. The summed E-state index contributed by atoms with van der Waals surface area (Å²) in [5.41, 5.74) is 2.72. The summed E-state index contributed by atoms with van der Waals surface area (Å²) >= 11 is 1.77. The largest absolute Gasteiger partial charge is 0.508 e. The highest BCUT2D eigenvalue weighted by atomic mass is 32.2. The third-order valence-electron chi connectivity index (χ3n) is 3.55. The van der Waals surface area contributed by atoms with Crippen LogP contribution in [-0.2, 0) is 12.8 Å². The van der Waals surface area contributed by atoms with Gasteiger partial charge in [-0.15, -0.1) is 11.8 Å². The quantitative estimate of drug-likeness (QED) is 0.608. The lowest BCUT2D eigenvalue weighted by Gasteiger charge is -2.09. The van der Waals surface area contributed by atoms with Crippen molar-refractivity contribution in [1.29, 1.82) is 5.26 Å². The fraction of sp³-hybridized carbons (Fsp3) is 0.278. The Morgan fingerprint density at radius 1 is 1.09 bits per heavy atom. The van der Waals surface area contributed by atoms with Crippen molar-refractivity contribution in [3.63, 3.8) is 0 Å². The molecule has 0 amide bonds. The van der Waals surface area contributed by atoms with Gasteiger partial charge in [0.05, 0.1) is 11.6 Å². The van der Waals surface area contributed by atoms with Gasteiger partial charge in [0.1, 0.15) is 5.75 Å². The van der Waals surface area contributed by atoms with E-state index in [0.717, 1.165) is 31.5 Å². The van der Waals surface area contributed by atoms with E-state index in [1.807, 2.05) is 12.1 Å². The molecule has 2 rings (SSSR count). The summed E-state index contributed by atoms with van der Waals surface area (Å²) in [4.78, 5) is 1.33. The number of phenols is 1. The molecule has 0 heterocycles. The van der Waals surface area contributed by atoms with E-state index >= 15 is 0 Å². The summed E-state index contributed by atoms with van der Waals surface area (Å²) in [5, 5.41) is 22.0. The number of rotatable bonds is 7. The van der Waals surface area contributed by atoms with Gasteiger partial charge in [0.25, 0.3) is 0 Å². The molecule has 114 valence electrons. The molecular weight excluding hydrogens is 292 g/mol. The maximum atomic E-state index is 9.84. The molecule has 0 saturated carbocycles. The molecule has 4 heteroatoms. The second-order valence-electron chi connectivity index (χ2n) is 5.02. The lowest BCUT2D eigenvalue weighted by molar-refractivity contribution is 0.466. The topological polar surface area (TPSA) is 56.0 Å². The third kappa shape index (κ3) is 4.52.